The van der Waals surface area contributed by atoms with E-state index in [1.54, 1.807) is 11.1 Å². The van der Waals surface area contributed by atoms with E-state index < -0.39 is 0 Å². The lowest BCUT2D eigenvalue weighted by molar-refractivity contribution is -0.127. The molecule has 0 bridgehead atoms. The second-order valence-corrected chi connectivity index (χ2v) is 6.27. The van der Waals surface area contributed by atoms with Crippen LogP contribution in [-0.2, 0) is 11.2 Å². The Balaban J connectivity index is 1.83. The van der Waals surface area contributed by atoms with Crippen molar-refractivity contribution in [2.45, 2.75) is 25.7 Å². The second kappa shape index (κ2) is 8.60. The molecule has 1 aromatic carbocycles. The first-order valence-corrected chi connectivity index (χ1v) is 8.37. The molecule has 0 aromatic heterocycles. The number of nitrogens with one attached hydrogen (secondary N) is 1. The molecule has 0 atom stereocenters. The molecule has 1 aromatic rings. The molecule has 0 spiro atoms. The Morgan fingerprint density at radius 2 is 1.95 bits per heavy atom. The molecule has 1 aliphatic heterocycles. The maximum absolute atomic E-state index is 12.2. The summed E-state index contributed by atoms with van der Waals surface area (Å²) in [5.74, 6) is -0.154. The molecule has 1 heterocycles. The first kappa shape index (κ1) is 16.6. The molecule has 1 N–H and O–H groups in total. The van der Waals surface area contributed by atoms with E-state index in [0.717, 1.165) is 36.8 Å². The highest BCUT2D eigenvalue weighted by molar-refractivity contribution is 9.10. The minimum atomic E-state index is -0.154. The van der Waals surface area contributed by atoms with Crippen LogP contribution in [0.1, 0.15) is 24.8 Å². The molecule has 1 amide bonds. The number of carbonyl (C=O) groups excluding carboxylic acids is 1. The third-order valence-electron chi connectivity index (χ3n) is 3.71. The summed E-state index contributed by atoms with van der Waals surface area (Å²) in [6, 6.07) is 10.1. The zero-order valence-electron chi connectivity index (χ0n) is 12.5. The van der Waals surface area contributed by atoms with Gasteiger partial charge in [0.1, 0.15) is 11.6 Å². The molecule has 22 heavy (non-hydrogen) atoms. The van der Waals surface area contributed by atoms with Gasteiger partial charge in [-0.3, -0.25) is 4.79 Å². The Labute approximate surface area is 139 Å². The summed E-state index contributed by atoms with van der Waals surface area (Å²) >= 11 is 3.41. The molecule has 116 valence electrons. The molecule has 0 aliphatic carbocycles. The van der Waals surface area contributed by atoms with E-state index in [1.165, 1.54) is 12.0 Å². The standard InChI is InChI=1S/C17H20BrN3O/c18-16-6-4-14(5-7-16)8-9-20-13-15(12-19)17(22)21-10-2-1-3-11-21/h4-7,13,20H,1-3,8-11H2/b15-13-. The van der Waals surface area contributed by atoms with Crippen molar-refractivity contribution in [2.24, 2.45) is 0 Å². The Bertz CT molecular complexity index is 569. The lowest BCUT2D eigenvalue weighted by atomic mass is 10.1. The number of amides is 1. The van der Waals surface area contributed by atoms with Crippen LogP contribution in [0.5, 0.6) is 0 Å². The maximum Gasteiger partial charge on any atom is 0.265 e. The summed E-state index contributed by atoms with van der Waals surface area (Å²) in [5, 5.41) is 12.2. The fourth-order valence-corrected chi connectivity index (χ4v) is 2.72. The van der Waals surface area contributed by atoms with Crippen molar-refractivity contribution < 1.29 is 4.79 Å². The van der Waals surface area contributed by atoms with Crippen LogP contribution in [0, 0.1) is 11.3 Å². The smallest absolute Gasteiger partial charge is 0.265 e. The van der Waals surface area contributed by atoms with E-state index in [0.29, 0.717) is 6.54 Å². The van der Waals surface area contributed by atoms with E-state index in [2.05, 4.69) is 33.4 Å². The highest BCUT2D eigenvalue weighted by Gasteiger charge is 2.19. The molecule has 0 unspecified atom stereocenters. The highest BCUT2D eigenvalue weighted by Crippen LogP contribution is 2.12. The lowest BCUT2D eigenvalue weighted by Gasteiger charge is -2.26. The van der Waals surface area contributed by atoms with Crippen LogP contribution in [0.3, 0.4) is 0 Å². The Hall–Kier alpha value is -1.80. The van der Waals surface area contributed by atoms with Crippen LogP contribution in [0.15, 0.2) is 40.5 Å². The molecule has 1 saturated heterocycles. The van der Waals surface area contributed by atoms with Crippen molar-refractivity contribution in [3.05, 3.63) is 46.1 Å². The second-order valence-electron chi connectivity index (χ2n) is 5.35. The van der Waals surface area contributed by atoms with Gasteiger partial charge in [-0.25, -0.2) is 0 Å². The Morgan fingerprint density at radius 1 is 1.27 bits per heavy atom. The summed E-state index contributed by atoms with van der Waals surface area (Å²) in [5.41, 5.74) is 1.41. The number of piperidine rings is 1. The summed E-state index contributed by atoms with van der Waals surface area (Å²) in [6.07, 6.45) is 5.62. The Morgan fingerprint density at radius 3 is 2.59 bits per heavy atom. The average molecular weight is 362 g/mol. The minimum Gasteiger partial charge on any atom is -0.389 e. The molecule has 0 radical (unpaired) electrons. The topological polar surface area (TPSA) is 56.1 Å². The number of likely N-dealkylation sites (tertiary alicyclic amines) is 1. The third kappa shape index (κ3) is 4.88. The van der Waals surface area contributed by atoms with Crippen molar-refractivity contribution in [2.75, 3.05) is 19.6 Å². The predicted octanol–water partition coefficient (Wildman–Crippen LogP) is 3.00. The van der Waals surface area contributed by atoms with E-state index in [-0.39, 0.29) is 11.5 Å². The van der Waals surface area contributed by atoms with Gasteiger partial charge in [0.05, 0.1) is 0 Å². The average Bonchev–Trinajstić information content (AvgIpc) is 2.57. The third-order valence-corrected chi connectivity index (χ3v) is 4.24. The SMILES string of the molecule is N#C/C(=C/NCCc1ccc(Br)cc1)C(=O)N1CCCCC1. The van der Waals surface area contributed by atoms with Crippen molar-refractivity contribution >= 4 is 21.8 Å². The van der Waals surface area contributed by atoms with Crippen LogP contribution >= 0.6 is 15.9 Å². The molecule has 2 rings (SSSR count). The summed E-state index contributed by atoms with van der Waals surface area (Å²) in [4.78, 5) is 14.0. The molecule has 4 nitrogen and oxygen atoms in total. The van der Waals surface area contributed by atoms with Crippen molar-refractivity contribution in [3.8, 4) is 6.07 Å². The molecule has 0 saturated carbocycles. The monoisotopic (exact) mass is 361 g/mol. The summed E-state index contributed by atoms with van der Waals surface area (Å²) in [6.45, 7) is 2.22. The fraction of sp³-hybridized carbons (Fsp3) is 0.412. The first-order chi connectivity index (χ1) is 10.7. The first-order valence-electron chi connectivity index (χ1n) is 7.58. The van der Waals surface area contributed by atoms with E-state index in [1.807, 2.05) is 18.2 Å². The van der Waals surface area contributed by atoms with Gasteiger partial charge in [-0.2, -0.15) is 5.26 Å². The van der Waals surface area contributed by atoms with Gasteiger partial charge in [0, 0.05) is 30.3 Å². The van der Waals surface area contributed by atoms with Gasteiger partial charge in [0.25, 0.3) is 5.91 Å². The Kier molecular flexibility index (Phi) is 6.47. The van der Waals surface area contributed by atoms with Gasteiger partial charge in [0.15, 0.2) is 0 Å². The van der Waals surface area contributed by atoms with Crippen LogP contribution < -0.4 is 5.32 Å². The highest BCUT2D eigenvalue weighted by atomic mass is 79.9. The van der Waals surface area contributed by atoms with Crippen LogP contribution in [0.4, 0.5) is 0 Å². The number of rotatable bonds is 5. The molecular weight excluding hydrogens is 342 g/mol. The van der Waals surface area contributed by atoms with Crippen molar-refractivity contribution in [1.82, 2.24) is 10.2 Å². The van der Waals surface area contributed by atoms with Crippen molar-refractivity contribution in [3.63, 3.8) is 0 Å². The lowest BCUT2D eigenvalue weighted by Crippen LogP contribution is -2.36. The van der Waals surface area contributed by atoms with Gasteiger partial charge in [-0.05, 0) is 43.4 Å². The van der Waals surface area contributed by atoms with E-state index in [9.17, 15) is 4.79 Å². The van der Waals surface area contributed by atoms with Gasteiger partial charge >= 0.3 is 0 Å². The fourth-order valence-electron chi connectivity index (χ4n) is 2.45. The van der Waals surface area contributed by atoms with Crippen LogP contribution in [0.25, 0.3) is 0 Å². The number of carbonyl (C=O) groups is 1. The number of nitrogens with zero attached hydrogens (tertiary/aromatic N) is 2. The van der Waals surface area contributed by atoms with Gasteiger partial charge < -0.3 is 10.2 Å². The quantitative estimate of drug-likeness (QED) is 0.498. The van der Waals surface area contributed by atoms with Gasteiger partial charge in [0.2, 0.25) is 0 Å². The zero-order chi connectivity index (χ0) is 15.8. The van der Waals surface area contributed by atoms with Crippen molar-refractivity contribution in [1.29, 1.82) is 5.26 Å². The number of hydrogen-bond acceptors (Lipinski definition) is 3. The largest absolute Gasteiger partial charge is 0.389 e. The van der Waals surface area contributed by atoms with E-state index >= 15 is 0 Å². The number of halogens is 1. The van der Waals surface area contributed by atoms with Gasteiger partial charge in [-0.15, -0.1) is 0 Å². The minimum absolute atomic E-state index is 0.154. The van der Waals surface area contributed by atoms with Gasteiger partial charge in [-0.1, -0.05) is 28.1 Å². The summed E-state index contributed by atoms with van der Waals surface area (Å²) < 4.78 is 1.06. The normalized spacial score (nSPS) is 15.3. The van der Waals surface area contributed by atoms with Crippen LogP contribution in [0.2, 0.25) is 0 Å². The zero-order valence-corrected chi connectivity index (χ0v) is 14.1. The van der Waals surface area contributed by atoms with Crippen LogP contribution in [-0.4, -0.2) is 30.4 Å². The molecule has 1 aliphatic rings. The molecule has 5 heteroatoms. The number of benzene rings is 1. The predicted molar refractivity (Wildman–Crippen MR) is 90.0 cm³/mol. The molecule has 1 fully saturated rings. The number of nitriles is 1. The maximum atomic E-state index is 12.2. The number of hydrogen-bond donors (Lipinski definition) is 1. The summed E-state index contributed by atoms with van der Waals surface area (Å²) in [7, 11) is 0. The molecular formula is C17H20BrN3O. The van der Waals surface area contributed by atoms with E-state index in [4.69, 9.17) is 5.26 Å².